The number of aliphatic imine (C=N–C) groups is 1. The van der Waals surface area contributed by atoms with Gasteiger partial charge in [-0.25, -0.2) is 8.42 Å². The minimum Gasteiger partial charge on any atom is -0.464 e. The van der Waals surface area contributed by atoms with Crippen molar-refractivity contribution in [3.8, 4) is 0 Å². The average Bonchev–Trinajstić information content (AvgIpc) is 3.07. The monoisotopic (exact) mass is 376 g/mol. The number of hydrogen-bond acceptors (Lipinski definition) is 6. The van der Waals surface area contributed by atoms with Crippen molar-refractivity contribution >= 4 is 27.7 Å². The molecular formula is C19H24N2O4S. The number of anilines is 1. The van der Waals surface area contributed by atoms with Crippen molar-refractivity contribution in [3.63, 3.8) is 0 Å². The Labute approximate surface area is 154 Å². The third kappa shape index (κ3) is 5.17. The third-order valence-electron chi connectivity index (χ3n) is 4.50. The molecule has 26 heavy (non-hydrogen) atoms. The molecule has 1 aromatic rings. The number of esters is 1. The van der Waals surface area contributed by atoms with Crippen LogP contribution in [0.15, 0.2) is 35.0 Å². The van der Waals surface area contributed by atoms with Crippen molar-refractivity contribution in [3.05, 3.63) is 41.1 Å². The fourth-order valence-corrected chi connectivity index (χ4v) is 3.59. The highest BCUT2D eigenvalue weighted by atomic mass is 32.2. The van der Waals surface area contributed by atoms with Crippen LogP contribution in [-0.4, -0.2) is 52.3 Å². The Morgan fingerprint density at radius 3 is 2.92 bits per heavy atom. The molecule has 0 aliphatic carbocycles. The van der Waals surface area contributed by atoms with Crippen LogP contribution in [0.1, 0.15) is 24.0 Å². The van der Waals surface area contributed by atoms with E-state index in [1.807, 2.05) is 18.3 Å². The summed E-state index contributed by atoms with van der Waals surface area (Å²) < 4.78 is 27.2. The van der Waals surface area contributed by atoms with Crippen LogP contribution < -0.4 is 4.90 Å². The van der Waals surface area contributed by atoms with Crippen molar-refractivity contribution in [2.45, 2.75) is 25.7 Å². The van der Waals surface area contributed by atoms with E-state index in [0.29, 0.717) is 0 Å². The van der Waals surface area contributed by atoms with Crippen LogP contribution in [0.4, 0.5) is 5.69 Å². The fourth-order valence-electron chi connectivity index (χ4n) is 3.21. The second-order valence-electron chi connectivity index (χ2n) is 6.76. The molecule has 0 saturated heterocycles. The van der Waals surface area contributed by atoms with E-state index in [0.717, 1.165) is 55.6 Å². The molecule has 0 amide bonds. The molecule has 0 saturated carbocycles. The van der Waals surface area contributed by atoms with E-state index in [1.54, 1.807) is 0 Å². The van der Waals surface area contributed by atoms with Gasteiger partial charge in [-0.2, -0.15) is 0 Å². The fraction of sp³-hybridized carbons (Fsp3) is 0.474. The summed E-state index contributed by atoms with van der Waals surface area (Å²) in [6.07, 6.45) is 8.37. The van der Waals surface area contributed by atoms with Gasteiger partial charge >= 0.3 is 5.97 Å². The Balaban J connectivity index is 1.64. The number of hydrogen-bond donors (Lipinski definition) is 0. The molecule has 6 nitrogen and oxygen atoms in total. The maximum atomic E-state index is 12.0. The van der Waals surface area contributed by atoms with Crippen molar-refractivity contribution in [1.29, 1.82) is 0 Å². The van der Waals surface area contributed by atoms with E-state index in [2.05, 4.69) is 22.0 Å². The molecule has 140 valence electrons. The van der Waals surface area contributed by atoms with Gasteiger partial charge in [0.2, 0.25) is 0 Å². The first-order valence-electron chi connectivity index (χ1n) is 8.82. The van der Waals surface area contributed by atoms with Gasteiger partial charge in [-0.1, -0.05) is 18.2 Å². The molecule has 2 aliphatic rings. The molecule has 3 rings (SSSR count). The molecule has 2 heterocycles. The number of carbonyl (C=O) groups excluding carboxylic acids is 1. The number of sulfone groups is 1. The molecule has 0 aromatic heterocycles. The first-order valence-corrected chi connectivity index (χ1v) is 10.9. The van der Waals surface area contributed by atoms with E-state index >= 15 is 0 Å². The van der Waals surface area contributed by atoms with Crippen molar-refractivity contribution < 1.29 is 17.9 Å². The smallest absolute Gasteiger partial charge is 0.310 e. The minimum absolute atomic E-state index is 0.0963. The highest BCUT2D eigenvalue weighted by Crippen LogP contribution is 2.29. The molecule has 2 aliphatic heterocycles. The first-order chi connectivity index (χ1) is 12.4. The SMILES string of the molecule is CS(=O)(=O)CCOC(=O)Cc1ccc2c(c1)N(CC1=CCC=N1)CCC2. The lowest BCUT2D eigenvalue weighted by Crippen LogP contribution is -2.31. The molecule has 7 heteroatoms. The predicted octanol–water partition coefficient (Wildman–Crippen LogP) is 1.93. The van der Waals surface area contributed by atoms with Crippen molar-refractivity contribution in [2.75, 3.05) is 36.6 Å². The second kappa shape index (κ2) is 8.03. The largest absolute Gasteiger partial charge is 0.464 e. The summed E-state index contributed by atoms with van der Waals surface area (Å²) in [6, 6.07) is 6.07. The summed E-state index contributed by atoms with van der Waals surface area (Å²) in [4.78, 5) is 18.7. The number of allylic oxidation sites excluding steroid dienone is 1. The van der Waals surface area contributed by atoms with Crippen molar-refractivity contribution in [2.24, 2.45) is 4.99 Å². The van der Waals surface area contributed by atoms with Gasteiger partial charge in [0.25, 0.3) is 0 Å². The van der Waals surface area contributed by atoms with Gasteiger partial charge in [-0.3, -0.25) is 9.79 Å². The number of nitrogens with zero attached hydrogens (tertiary/aromatic N) is 2. The topological polar surface area (TPSA) is 76.0 Å². The Bertz CT molecular complexity index is 843. The Hall–Kier alpha value is -2.15. The Morgan fingerprint density at radius 1 is 1.35 bits per heavy atom. The lowest BCUT2D eigenvalue weighted by molar-refractivity contribution is -0.142. The van der Waals surface area contributed by atoms with Gasteiger partial charge < -0.3 is 9.64 Å². The van der Waals surface area contributed by atoms with E-state index in [-0.39, 0.29) is 18.8 Å². The highest BCUT2D eigenvalue weighted by Gasteiger charge is 2.19. The van der Waals surface area contributed by atoms with Gasteiger partial charge in [0, 0.05) is 31.1 Å². The highest BCUT2D eigenvalue weighted by molar-refractivity contribution is 7.90. The molecule has 0 N–H and O–H groups in total. The molecule has 0 atom stereocenters. The lowest BCUT2D eigenvalue weighted by atomic mass is 9.98. The minimum atomic E-state index is -3.12. The van der Waals surface area contributed by atoms with E-state index in [1.165, 1.54) is 5.56 Å². The molecule has 1 aromatic carbocycles. The van der Waals surface area contributed by atoms with Gasteiger partial charge in [-0.15, -0.1) is 0 Å². The molecule has 0 radical (unpaired) electrons. The zero-order valence-corrected chi connectivity index (χ0v) is 15.8. The van der Waals surface area contributed by atoms with E-state index < -0.39 is 15.8 Å². The summed E-state index contributed by atoms with van der Waals surface area (Å²) >= 11 is 0. The molecule has 0 spiro atoms. The Kier molecular flexibility index (Phi) is 5.76. The number of ether oxygens (including phenoxy) is 1. The summed E-state index contributed by atoms with van der Waals surface area (Å²) in [5, 5.41) is 0. The first kappa shape index (κ1) is 18.6. The zero-order chi connectivity index (χ0) is 18.6. The zero-order valence-electron chi connectivity index (χ0n) is 15.0. The van der Waals surface area contributed by atoms with Crippen LogP contribution in [0.5, 0.6) is 0 Å². The molecule has 0 fully saturated rings. The van der Waals surface area contributed by atoms with Crippen LogP contribution >= 0.6 is 0 Å². The number of fused-ring (bicyclic) bond motifs is 1. The van der Waals surface area contributed by atoms with Gasteiger partial charge in [-0.05, 0) is 30.0 Å². The summed E-state index contributed by atoms with van der Waals surface area (Å²) in [5.74, 6) is -0.550. The number of aryl methyl sites for hydroxylation is 1. The average molecular weight is 376 g/mol. The summed E-state index contributed by atoms with van der Waals surface area (Å²) in [5.41, 5.74) is 4.40. The maximum absolute atomic E-state index is 12.0. The van der Waals surface area contributed by atoms with E-state index in [4.69, 9.17) is 4.74 Å². The number of rotatable bonds is 7. The van der Waals surface area contributed by atoms with Crippen LogP contribution in [0.2, 0.25) is 0 Å². The van der Waals surface area contributed by atoms with Crippen molar-refractivity contribution in [1.82, 2.24) is 0 Å². The molecule has 0 unspecified atom stereocenters. The summed E-state index contributed by atoms with van der Waals surface area (Å²) in [6.45, 7) is 1.66. The summed E-state index contributed by atoms with van der Waals surface area (Å²) in [7, 11) is -3.12. The maximum Gasteiger partial charge on any atom is 0.310 e. The normalized spacial score (nSPS) is 16.3. The van der Waals surface area contributed by atoms with Crippen LogP contribution in [0.3, 0.4) is 0 Å². The number of benzene rings is 1. The lowest BCUT2D eigenvalue weighted by Gasteiger charge is -2.31. The van der Waals surface area contributed by atoms with Gasteiger partial charge in [0.15, 0.2) is 9.84 Å². The Morgan fingerprint density at radius 2 is 2.19 bits per heavy atom. The predicted molar refractivity (Wildman–Crippen MR) is 103 cm³/mol. The quantitative estimate of drug-likeness (QED) is 0.680. The second-order valence-corrected chi connectivity index (χ2v) is 9.02. The van der Waals surface area contributed by atoms with Crippen LogP contribution in [0, 0.1) is 0 Å². The van der Waals surface area contributed by atoms with Crippen LogP contribution in [0.25, 0.3) is 0 Å². The van der Waals surface area contributed by atoms with Gasteiger partial charge in [0.05, 0.1) is 24.4 Å². The third-order valence-corrected chi connectivity index (χ3v) is 5.41. The van der Waals surface area contributed by atoms with Crippen LogP contribution in [-0.2, 0) is 32.2 Å². The number of carbonyl (C=O) groups is 1. The molecular weight excluding hydrogens is 352 g/mol. The van der Waals surface area contributed by atoms with Gasteiger partial charge in [0.1, 0.15) is 6.61 Å². The molecule has 0 bridgehead atoms. The standard InChI is InChI=1S/C19H24N2O4S/c1-26(23,24)11-10-25-19(22)13-15-6-7-16-4-3-9-21(18(16)12-15)14-17-5-2-8-20-17/h5-8,12H,2-4,9-11,13-14H2,1H3. The van der Waals surface area contributed by atoms with E-state index in [9.17, 15) is 13.2 Å².